The first-order valence-electron chi connectivity index (χ1n) is 8.41. The predicted octanol–water partition coefficient (Wildman–Crippen LogP) is 4.93. The van der Waals surface area contributed by atoms with Crippen LogP contribution in [0.25, 0.3) is 0 Å². The van der Waals surface area contributed by atoms with Crippen molar-refractivity contribution in [3.8, 4) is 0 Å². The maximum Gasteiger partial charge on any atom is 0.0490 e. The van der Waals surface area contributed by atoms with Gasteiger partial charge in [0.05, 0.1) is 0 Å². The van der Waals surface area contributed by atoms with Crippen LogP contribution in [0, 0.1) is 17.3 Å². The second-order valence-electron chi connectivity index (χ2n) is 6.94. The van der Waals surface area contributed by atoms with Gasteiger partial charge >= 0.3 is 0 Å². The fourth-order valence-electron chi connectivity index (χ4n) is 4.51. The molecule has 0 aromatic carbocycles. The summed E-state index contributed by atoms with van der Waals surface area (Å²) in [5.41, 5.74) is 0.327. The van der Waals surface area contributed by atoms with Crippen LogP contribution in [0.5, 0.6) is 0 Å². The van der Waals surface area contributed by atoms with Crippen molar-refractivity contribution in [3.05, 3.63) is 0 Å². The molecule has 2 aliphatic carbocycles. The van der Waals surface area contributed by atoms with Crippen LogP contribution in [0.2, 0.25) is 0 Å². The molecular formula is C17H32O. The lowest BCUT2D eigenvalue weighted by molar-refractivity contribution is -0.00106. The quantitative estimate of drug-likeness (QED) is 0.736. The topological polar surface area (TPSA) is 20.2 Å². The molecule has 0 saturated heterocycles. The summed E-state index contributed by atoms with van der Waals surface area (Å²) in [6, 6.07) is 0. The SMILES string of the molecule is CCCC[C@H]1CC[C@H](C2(CO)CCCCC2)CC1. The third kappa shape index (κ3) is 3.29. The molecule has 0 spiro atoms. The second kappa shape index (κ2) is 6.93. The molecule has 2 fully saturated rings. The lowest BCUT2D eigenvalue weighted by Crippen LogP contribution is -2.38. The summed E-state index contributed by atoms with van der Waals surface area (Å²) in [5.74, 6) is 1.83. The van der Waals surface area contributed by atoms with Crippen LogP contribution in [0.3, 0.4) is 0 Å². The fourth-order valence-corrected chi connectivity index (χ4v) is 4.51. The van der Waals surface area contributed by atoms with E-state index in [1.54, 1.807) is 0 Å². The summed E-state index contributed by atoms with van der Waals surface area (Å²) in [5, 5.41) is 9.90. The first kappa shape index (κ1) is 14.4. The van der Waals surface area contributed by atoms with Gasteiger partial charge in [-0.1, -0.05) is 58.3 Å². The van der Waals surface area contributed by atoms with E-state index >= 15 is 0 Å². The Morgan fingerprint density at radius 1 is 1.00 bits per heavy atom. The smallest absolute Gasteiger partial charge is 0.0490 e. The average molecular weight is 252 g/mol. The molecule has 18 heavy (non-hydrogen) atoms. The number of hydrogen-bond donors (Lipinski definition) is 1. The van der Waals surface area contributed by atoms with Gasteiger partial charge < -0.3 is 5.11 Å². The van der Waals surface area contributed by atoms with Crippen molar-refractivity contribution < 1.29 is 5.11 Å². The molecule has 0 aromatic rings. The van der Waals surface area contributed by atoms with Gasteiger partial charge in [0.2, 0.25) is 0 Å². The Morgan fingerprint density at radius 3 is 2.22 bits per heavy atom. The highest BCUT2D eigenvalue weighted by molar-refractivity contribution is 4.91. The Kier molecular flexibility index (Phi) is 5.54. The summed E-state index contributed by atoms with van der Waals surface area (Å²) in [6.45, 7) is 2.76. The van der Waals surface area contributed by atoms with Crippen molar-refractivity contribution in [1.82, 2.24) is 0 Å². The van der Waals surface area contributed by atoms with E-state index in [4.69, 9.17) is 0 Å². The standard InChI is InChI=1S/C17H32O/c1-2-3-7-15-8-10-16(11-9-15)17(14-18)12-5-4-6-13-17/h15-16,18H,2-14H2,1H3/t15-,16-. The maximum atomic E-state index is 9.90. The molecule has 0 aliphatic heterocycles. The number of rotatable bonds is 5. The van der Waals surface area contributed by atoms with Crippen LogP contribution in [0.15, 0.2) is 0 Å². The lowest BCUT2D eigenvalue weighted by Gasteiger charge is -2.45. The Balaban J connectivity index is 1.83. The average Bonchev–Trinajstić information content (AvgIpc) is 2.46. The van der Waals surface area contributed by atoms with E-state index in [1.807, 2.05) is 0 Å². The largest absolute Gasteiger partial charge is 0.396 e. The van der Waals surface area contributed by atoms with Crippen LogP contribution in [-0.4, -0.2) is 11.7 Å². The Bertz CT molecular complexity index is 222. The molecule has 0 amide bonds. The van der Waals surface area contributed by atoms with Crippen LogP contribution in [0.4, 0.5) is 0 Å². The molecule has 1 nitrogen and oxygen atoms in total. The van der Waals surface area contributed by atoms with E-state index in [1.165, 1.54) is 77.0 Å². The zero-order chi connectivity index (χ0) is 12.8. The molecule has 0 unspecified atom stereocenters. The van der Waals surface area contributed by atoms with Crippen LogP contribution >= 0.6 is 0 Å². The number of aliphatic hydroxyl groups is 1. The van der Waals surface area contributed by atoms with Gasteiger partial charge in [0.1, 0.15) is 0 Å². The highest BCUT2D eigenvalue weighted by Crippen LogP contribution is 2.49. The van der Waals surface area contributed by atoms with E-state index in [0.717, 1.165) is 11.8 Å². The molecule has 0 atom stereocenters. The molecule has 0 aromatic heterocycles. The van der Waals surface area contributed by atoms with Crippen molar-refractivity contribution in [2.45, 2.75) is 84.0 Å². The summed E-state index contributed by atoms with van der Waals surface area (Å²) >= 11 is 0. The van der Waals surface area contributed by atoms with Gasteiger partial charge in [-0.2, -0.15) is 0 Å². The molecule has 0 radical (unpaired) electrons. The summed E-state index contributed by atoms with van der Waals surface area (Å²) in [7, 11) is 0. The monoisotopic (exact) mass is 252 g/mol. The van der Waals surface area contributed by atoms with Crippen molar-refractivity contribution in [2.24, 2.45) is 17.3 Å². The Hall–Kier alpha value is -0.0400. The fraction of sp³-hybridized carbons (Fsp3) is 1.00. The van der Waals surface area contributed by atoms with Gasteiger partial charge in [0.25, 0.3) is 0 Å². The second-order valence-corrected chi connectivity index (χ2v) is 6.94. The van der Waals surface area contributed by atoms with Gasteiger partial charge in [0, 0.05) is 6.61 Å². The first-order chi connectivity index (χ1) is 8.80. The van der Waals surface area contributed by atoms with Crippen molar-refractivity contribution in [3.63, 3.8) is 0 Å². The van der Waals surface area contributed by atoms with Crippen LogP contribution < -0.4 is 0 Å². The highest BCUT2D eigenvalue weighted by Gasteiger charge is 2.40. The molecule has 1 heteroatoms. The van der Waals surface area contributed by atoms with Crippen LogP contribution in [0.1, 0.15) is 84.0 Å². The Labute approximate surface area is 113 Å². The number of hydrogen-bond acceptors (Lipinski definition) is 1. The summed E-state index contributed by atoms with van der Waals surface area (Å²) in [4.78, 5) is 0. The van der Waals surface area contributed by atoms with E-state index in [2.05, 4.69) is 6.92 Å². The van der Waals surface area contributed by atoms with Gasteiger partial charge in [-0.3, -0.25) is 0 Å². The first-order valence-corrected chi connectivity index (χ1v) is 8.41. The number of unbranched alkanes of at least 4 members (excludes halogenated alkanes) is 1. The maximum absolute atomic E-state index is 9.90. The summed E-state index contributed by atoms with van der Waals surface area (Å²) < 4.78 is 0. The lowest BCUT2D eigenvalue weighted by atomic mass is 9.61. The molecule has 2 aliphatic rings. The van der Waals surface area contributed by atoms with E-state index in [-0.39, 0.29) is 0 Å². The van der Waals surface area contributed by atoms with E-state index < -0.39 is 0 Å². The zero-order valence-electron chi connectivity index (χ0n) is 12.3. The van der Waals surface area contributed by atoms with Gasteiger partial charge in [-0.15, -0.1) is 0 Å². The third-order valence-corrected chi connectivity index (χ3v) is 5.84. The highest BCUT2D eigenvalue weighted by atomic mass is 16.3. The van der Waals surface area contributed by atoms with Crippen molar-refractivity contribution in [2.75, 3.05) is 6.61 Å². The molecule has 106 valence electrons. The zero-order valence-corrected chi connectivity index (χ0v) is 12.3. The minimum Gasteiger partial charge on any atom is -0.396 e. The van der Waals surface area contributed by atoms with Gasteiger partial charge in [-0.25, -0.2) is 0 Å². The normalized spacial score (nSPS) is 32.3. The van der Waals surface area contributed by atoms with Crippen molar-refractivity contribution >= 4 is 0 Å². The molecular weight excluding hydrogens is 220 g/mol. The molecule has 0 bridgehead atoms. The minimum atomic E-state index is 0.327. The Morgan fingerprint density at radius 2 is 1.67 bits per heavy atom. The third-order valence-electron chi connectivity index (χ3n) is 5.84. The predicted molar refractivity (Wildman–Crippen MR) is 77.6 cm³/mol. The van der Waals surface area contributed by atoms with Crippen LogP contribution in [-0.2, 0) is 0 Å². The summed E-state index contributed by atoms with van der Waals surface area (Å²) in [6.07, 6.45) is 16.6. The van der Waals surface area contributed by atoms with Gasteiger partial charge in [0.15, 0.2) is 0 Å². The number of aliphatic hydroxyl groups excluding tert-OH is 1. The molecule has 2 saturated carbocycles. The molecule has 0 heterocycles. The van der Waals surface area contributed by atoms with E-state index in [9.17, 15) is 5.11 Å². The molecule has 2 rings (SSSR count). The van der Waals surface area contributed by atoms with Crippen molar-refractivity contribution in [1.29, 1.82) is 0 Å². The molecule has 1 N–H and O–H groups in total. The van der Waals surface area contributed by atoms with Gasteiger partial charge in [-0.05, 0) is 42.9 Å². The van der Waals surface area contributed by atoms with E-state index in [0.29, 0.717) is 12.0 Å². The minimum absolute atomic E-state index is 0.327.